The van der Waals surface area contributed by atoms with Crippen LogP contribution in [-0.2, 0) is 6.54 Å². The van der Waals surface area contributed by atoms with Crippen molar-refractivity contribution >= 4 is 11.3 Å². The number of aliphatic hydroxyl groups is 1. The minimum absolute atomic E-state index is 0.00604. The van der Waals surface area contributed by atoms with Gasteiger partial charge in [-0.2, -0.15) is 0 Å². The summed E-state index contributed by atoms with van der Waals surface area (Å²) in [6.45, 7) is 2.04. The minimum atomic E-state index is -0.377. The summed E-state index contributed by atoms with van der Waals surface area (Å²) < 4.78 is 15.5. The lowest BCUT2D eigenvalue weighted by Crippen LogP contribution is -2.16. The lowest BCUT2D eigenvalue weighted by Gasteiger charge is -2.06. The van der Waals surface area contributed by atoms with Crippen molar-refractivity contribution in [3.8, 4) is 11.8 Å². The van der Waals surface area contributed by atoms with Crippen molar-refractivity contribution in [2.75, 3.05) is 6.61 Å². The van der Waals surface area contributed by atoms with Crippen LogP contribution in [-0.4, -0.2) is 16.3 Å². The summed E-state index contributed by atoms with van der Waals surface area (Å²) in [6.07, 6.45) is 0.368. The van der Waals surface area contributed by atoms with Crippen LogP contribution in [0.25, 0.3) is 0 Å². The molecule has 20 heavy (non-hydrogen) atoms. The molecule has 0 spiro atoms. The van der Waals surface area contributed by atoms with E-state index in [0.29, 0.717) is 17.5 Å². The highest BCUT2D eigenvalue weighted by Crippen LogP contribution is 2.12. The lowest BCUT2D eigenvalue weighted by atomic mass is 10.1. The molecule has 1 N–H and O–H groups in total. The zero-order valence-corrected chi connectivity index (χ0v) is 11.8. The molecule has 0 saturated heterocycles. The molecule has 5 heteroatoms. The van der Waals surface area contributed by atoms with Crippen LogP contribution in [0, 0.1) is 24.6 Å². The number of aryl methyl sites for hydroxylation is 1. The predicted molar refractivity (Wildman–Crippen MR) is 77.4 cm³/mol. The molecule has 0 unspecified atom stereocenters. The average Bonchev–Trinajstić information content (AvgIpc) is 2.73. The summed E-state index contributed by atoms with van der Waals surface area (Å²) in [5, 5.41) is 10.4. The number of rotatable bonds is 3. The summed E-state index contributed by atoms with van der Waals surface area (Å²) in [6, 6.07) is 4.71. The number of aliphatic hydroxyl groups excluding tert-OH is 1. The van der Waals surface area contributed by atoms with Crippen molar-refractivity contribution in [2.24, 2.45) is 0 Å². The van der Waals surface area contributed by atoms with E-state index in [1.165, 1.54) is 6.07 Å². The fraction of sp³-hybridized carbons (Fsp3) is 0.267. The third-order valence-electron chi connectivity index (χ3n) is 2.83. The van der Waals surface area contributed by atoms with Gasteiger partial charge in [-0.3, -0.25) is 9.36 Å². The van der Waals surface area contributed by atoms with Crippen molar-refractivity contribution in [2.45, 2.75) is 19.9 Å². The van der Waals surface area contributed by atoms with Crippen molar-refractivity contribution in [1.29, 1.82) is 0 Å². The lowest BCUT2D eigenvalue weighted by molar-refractivity contribution is 0.305. The number of thiazole rings is 1. The molecule has 0 radical (unpaired) electrons. The first-order valence-corrected chi connectivity index (χ1v) is 7.03. The fourth-order valence-corrected chi connectivity index (χ4v) is 2.47. The molecule has 1 heterocycles. The Labute approximate surface area is 120 Å². The number of nitrogens with zero attached hydrogens (tertiary/aromatic N) is 1. The molecule has 1 aromatic carbocycles. The Morgan fingerprint density at radius 2 is 2.25 bits per heavy atom. The van der Waals surface area contributed by atoms with E-state index in [9.17, 15) is 9.18 Å². The van der Waals surface area contributed by atoms with Gasteiger partial charge in [0.15, 0.2) is 0 Å². The van der Waals surface area contributed by atoms with E-state index >= 15 is 0 Å². The molecule has 2 aromatic rings. The first-order chi connectivity index (χ1) is 9.61. The molecule has 0 saturated carbocycles. The number of hydrogen-bond acceptors (Lipinski definition) is 3. The van der Waals surface area contributed by atoms with Gasteiger partial charge in [0.2, 0.25) is 0 Å². The summed E-state index contributed by atoms with van der Waals surface area (Å²) >= 11 is 1.11. The third kappa shape index (κ3) is 3.35. The Hall–Kier alpha value is -1.90. The molecular weight excluding hydrogens is 277 g/mol. The Kier molecular flexibility index (Phi) is 4.72. The second-order valence-corrected chi connectivity index (χ2v) is 5.13. The minimum Gasteiger partial charge on any atom is -0.395 e. The van der Waals surface area contributed by atoms with Gasteiger partial charge < -0.3 is 5.11 Å². The maximum atomic E-state index is 14.0. The summed E-state index contributed by atoms with van der Waals surface area (Å²) in [5.41, 5.74) is 1.85. The normalized spacial score (nSPS) is 10.2. The molecule has 3 nitrogen and oxygen atoms in total. The molecule has 0 fully saturated rings. The molecule has 2 rings (SSSR count). The van der Waals surface area contributed by atoms with Gasteiger partial charge in [-0.05, 0) is 19.1 Å². The Morgan fingerprint density at radius 3 is 2.85 bits per heavy atom. The third-order valence-corrected chi connectivity index (χ3v) is 3.71. The first-order valence-electron chi connectivity index (χ1n) is 6.15. The van der Waals surface area contributed by atoms with Crippen molar-refractivity contribution in [3.05, 3.63) is 55.9 Å². The molecule has 0 atom stereocenters. The maximum Gasteiger partial charge on any atom is 0.307 e. The average molecular weight is 291 g/mol. The van der Waals surface area contributed by atoms with Crippen molar-refractivity contribution in [3.63, 3.8) is 0 Å². The van der Waals surface area contributed by atoms with Crippen LogP contribution in [0.1, 0.15) is 23.2 Å². The van der Waals surface area contributed by atoms with Crippen molar-refractivity contribution in [1.82, 2.24) is 4.57 Å². The van der Waals surface area contributed by atoms with Gasteiger partial charge >= 0.3 is 4.87 Å². The number of hydrogen-bond donors (Lipinski definition) is 1. The number of benzene rings is 1. The van der Waals surface area contributed by atoms with Crippen LogP contribution in [0.3, 0.4) is 0 Å². The summed E-state index contributed by atoms with van der Waals surface area (Å²) in [7, 11) is 0. The standard InChI is InChI=1S/C15H14FNO2S/c1-11-10-20-15(19)17(11)9-13-6-5-12(8-14(13)16)4-2-3-7-18/h5-6,8,10,18H,3,7,9H2,1H3. The van der Waals surface area contributed by atoms with Gasteiger partial charge in [-0.25, -0.2) is 4.39 Å². The number of aromatic nitrogens is 1. The van der Waals surface area contributed by atoms with E-state index in [-0.39, 0.29) is 23.8 Å². The molecule has 1 aromatic heterocycles. The Balaban J connectivity index is 2.23. The van der Waals surface area contributed by atoms with Gasteiger partial charge in [-0.15, -0.1) is 0 Å². The summed E-state index contributed by atoms with van der Waals surface area (Å²) in [4.78, 5) is 11.5. The molecule has 0 aliphatic rings. The van der Waals surface area contributed by atoms with E-state index in [1.807, 2.05) is 6.92 Å². The fourth-order valence-electron chi connectivity index (χ4n) is 1.74. The predicted octanol–water partition coefficient (Wildman–Crippen LogP) is 2.14. The maximum absolute atomic E-state index is 14.0. The van der Waals surface area contributed by atoms with E-state index in [2.05, 4.69) is 11.8 Å². The second kappa shape index (κ2) is 6.51. The van der Waals surface area contributed by atoms with Crippen LogP contribution in [0.5, 0.6) is 0 Å². The van der Waals surface area contributed by atoms with E-state index < -0.39 is 0 Å². The quantitative estimate of drug-likeness (QED) is 0.880. The number of halogens is 1. The topological polar surface area (TPSA) is 42.2 Å². The van der Waals surface area contributed by atoms with Crippen LogP contribution in [0.2, 0.25) is 0 Å². The van der Waals surface area contributed by atoms with E-state index in [0.717, 1.165) is 17.0 Å². The van der Waals surface area contributed by atoms with Gasteiger partial charge in [0, 0.05) is 28.6 Å². The smallest absolute Gasteiger partial charge is 0.307 e. The molecule has 0 bridgehead atoms. The molecule has 0 amide bonds. The van der Waals surface area contributed by atoms with Crippen molar-refractivity contribution < 1.29 is 9.50 Å². The SMILES string of the molecule is Cc1csc(=O)n1Cc1ccc(C#CCCO)cc1F. The van der Waals surface area contributed by atoms with Crippen LogP contribution < -0.4 is 4.87 Å². The highest BCUT2D eigenvalue weighted by molar-refractivity contribution is 7.07. The molecule has 0 aliphatic carbocycles. The monoisotopic (exact) mass is 291 g/mol. The Bertz CT molecular complexity index is 721. The first kappa shape index (κ1) is 14.5. The van der Waals surface area contributed by atoms with Gasteiger partial charge in [0.25, 0.3) is 0 Å². The van der Waals surface area contributed by atoms with Crippen LogP contribution in [0.4, 0.5) is 4.39 Å². The van der Waals surface area contributed by atoms with Gasteiger partial charge in [-0.1, -0.05) is 29.2 Å². The highest BCUT2D eigenvalue weighted by Gasteiger charge is 2.08. The van der Waals surface area contributed by atoms with Gasteiger partial charge in [0.05, 0.1) is 13.2 Å². The zero-order valence-electron chi connectivity index (χ0n) is 11.0. The van der Waals surface area contributed by atoms with E-state index in [4.69, 9.17) is 5.11 Å². The Morgan fingerprint density at radius 1 is 1.45 bits per heavy atom. The highest BCUT2D eigenvalue weighted by atomic mass is 32.1. The largest absolute Gasteiger partial charge is 0.395 e. The molecular formula is C15H14FNO2S. The zero-order chi connectivity index (χ0) is 14.5. The second-order valence-electron chi connectivity index (χ2n) is 4.31. The molecule has 0 aliphatic heterocycles. The molecule has 104 valence electrons. The van der Waals surface area contributed by atoms with Crippen LogP contribution in [0.15, 0.2) is 28.4 Å². The van der Waals surface area contributed by atoms with E-state index in [1.54, 1.807) is 22.1 Å². The van der Waals surface area contributed by atoms with Crippen LogP contribution >= 0.6 is 11.3 Å². The van der Waals surface area contributed by atoms with Gasteiger partial charge in [0.1, 0.15) is 5.82 Å². The summed E-state index contributed by atoms with van der Waals surface area (Å²) in [5.74, 6) is 5.14.